The lowest BCUT2D eigenvalue weighted by molar-refractivity contribution is -0.134. The van der Waals surface area contributed by atoms with E-state index < -0.39 is 0 Å². The van der Waals surface area contributed by atoms with Crippen LogP contribution in [0.25, 0.3) is 0 Å². The molecule has 6 nitrogen and oxygen atoms in total. The molecule has 0 aromatic carbocycles. The first kappa shape index (κ1) is 21.1. The first-order valence-corrected chi connectivity index (χ1v) is 9.60. The molecule has 26 heavy (non-hydrogen) atoms. The van der Waals surface area contributed by atoms with Crippen LogP contribution in [0.15, 0.2) is 23.5 Å². The average Bonchev–Trinajstić information content (AvgIpc) is 3.34. The molecule has 2 heterocycles. The van der Waals surface area contributed by atoms with E-state index in [1.807, 2.05) is 17.8 Å². The lowest BCUT2D eigenvalue weighted by Crippen LogP contribution is -2.45. The van der Waals surface area contributed by atoms with Crippen molar-refractivity contribution in [2.75, 3.05) is 19.6 Å². The first-order chi connectivity index (χ1) is 12.2. The highest BCUT2D eigenvalue weighted by Gasteiger charge is 2.32. The highest BCUT2D eigenvalue weighted by molar-refractivity contribution is 14.0. The Morgan fingerprint density at radius 2 is 2.08 bits per heavy atom. The molecular weight excluding hydrogens is 441 g/mol. The molecule has 1 aromatic heterocycles. The zero-order chi connectivity index (χ0) is 17.6. The number of guanidine groups is 1. The van der Waals surface area contributed by atoms with Crippen LogP contribution in [-0.2, 0) is 18.4 Å². The number of nitrogens with zero attached hydrogens (tertiary/aromatic N) is 3. The predicted octanol–water partition coefficient (Wildman–Crippen LogP) is 2.49. The van der Waals surface area contributed by atoms with E-state index >= 15 is 0 Å². The van der Waals surface area contributed by atoms with Crippen molar-refractivity contribution in [2.24, 2.45) is 18.0 Å². The molecule has 2 N–H and O–H groups in total. The number of aliphatic imine (C=N–C) groups is 1. The van der Waals surface area contributed by atoms with E-state index in [1.165, 1.54) is 18.4 Å². The van der Waals surface area contributed by atoms with Gasteiger partial charge in [0.15, 0.2) is 5.96 Å². The standard InChI is InChI=1S/C19H31N5O.HI/c1-3-20-19(21-12-15-8-10-23(2)13-15)22-17-9-11-24(14-17)18(25)16-6-4-5-7-16;/h8,10,13,16-17H,3-7,9,11-12,14H2,1-2H3,(H2,20,21,22);1H. The number of carbonyl (C=O) groups is 1. The number of aryl methyl sites for hydroxylation is 1. The van der Waals surface area contributed by atoms with Crippen LogP contribution in [-0.4, -0.2) is 47.0 Å². The zero-order valence-corrected chi connectivity index (χ0v) is 18.2. The van der Waals surface area contributed by atoms with E-state index in [0.717, 1.165) is 44.9 Å². The van der Waals surface area contributed by atoms with Gasteiger partial charge >= 0.3 is 0 Å². The molecule has 7 heteroatoms. The fraction of sp³-hybridized carbons (Fsp3) is 0.684. The molecule has 2 fully saturated rings. The summed E-state index contributed by atoms with van der Waals surface area (Å²) < 4.78 is 2.04. The van der Waals surface area contributed by atoms with E-state index in [1.54, 1.807) is 0 Å². The predicted molar refractivity (Wildman–Crippen MR) is 116 cm³/mol. The first-order valence-electron chi connectivity index (χ1n) is 9.60. The number of amides is 1. The molecule has 2 aliphatic rings. The fourth-order valence-corrected chi connectivity index (χ4v) is 3.85. The molecule has 3 rings (SSSR count). The van der Waals surface area contributed by atoms with Gasteiger partial charge in [-0.05, 0) is 37.8 Å². The molecule has 146 valence electrons. The van der Waals surface area contributed by atoms with Crippen LogP contribution in [0.5, 0.6) is 0 Å². The van der Waals surface area contributed by atoms with Crippen LogP contribution in [0.4, 0.5) is 0 Å². The van der Waals surface area contributed by atoms with Gasteiger partial charge in [-0.15, -0.1) is 24.0 Å². The molecule has 0 bridgehead atoms. The van der Waals surface area contributed by atoms with Gasteiger partial charge in [0.1, 0.15) is 0 Å². The van der Waals surface area contributed by atoms with Gasteiger partial charge < -0.3 is 20.1 Å². The monoisotopic (exact) mass is 473 g/mol. The van der Waals surface area contributed by atoms with E-state index in [0.29, 0.717) is 18.5 Å². The van der Waals surface area contributed by atoms with Gasteiger partial charge in [-0.2, -0.15) is 0 Å². The van der Waals surface area contributed by atoms with Gasteiger partial charge in [-0.1, -0.05) is 12.8 Å². The van der Waals surface area contributed by atoms with Crippen LogP contribution in [0.1, 0.15) is 44.6 Å². The van der Waals surface area contributed by atoms with E-state index in [9.17, 15) is 4.79 Å². The lowest BCUT2D eigenvalue weighted by Gasteiger charge is -2.21. The zero-order valence-electron chi connectivity index (χ0n) is 15.9. The number of likely N-dealkylation sites (tertiary alicyclic amines) is 1. The average molecular weight is 473 g/mol. The molecule has 1 aromatic rings. The van der Waals surface area contributed by atoms with Gasteiger partial charge in [-0.3, -0.25) is 4.79 Å². The second kappa shape index (κ2) is 10.2. The summed E-state index contributed by atoms with van der Waals surface area (Å²) in [5.74, 6) is 1.48. The summed E-state index contributed by atoms with van der Waals surface area (Å²) in [4.78, 5) is 19.3. The number of hydrogen-bond acceptors (Lipinski definition) is 2. The molecule has 0 radical (unpaired) electrons. The van der Waals surface area contributed by atoms with Crippen LogP contribution < -0.4 is 10.6 Å². The third-order valence-electron chi connectivity index (χ3n) is 5.20. The van der Waals surface area contributed by atoms with Crippen LogP contribution in [0, 0.1) is 5.92 Å². The molecule has 1 saturated carbocycles. The van der Waals surface area contributed by atoms with E-state index in [4.69, 9.17) is 0 Å². The Labute approximate surface area is 173 Å². The van der Waals surface area contributed by atoms with Crippen molar-refractivity contribution >= 4 is 35.8 Å². The van der Waals surface area contributed by atoms with Crippen molar-refractivity contribution in [1.82, 2.24) is 20.1 Å². The van der Waals surface area contributed by atoms with Crippen molar-refractivity contribution in [1.29, 1.82) is 0 Å². The van der Waals surface area contributed by atoms with Crippen molar-refractivity contribution in [3.8, 4) is 0 Å². The lowest BCUT2D eigenvalue weighted by atomic mass is 10.1. The fourth-order valence-electron chi connectivity index (χ4n) is 3.85. The molecule has 0 spiro atoms. The maximum Gasteiger partial charge on any atom is 0.225 e. The Morgan fingerprint density at radius 3 is 2.73 bits per heavy atom. The van der Waals surface area contributed by atoms with Crippen molar-refractivity contribution < 1.29 is 4.79 Å². The molecule has 1 atom stereocenters. The topological polar surface area (TPSA) is 61.7 Å². The Balaban J connectivity index is 0.00000243. The smallest absolute Gasteiger partial charge is 0.225 e. The van der Waals surface area contributed by atoms with Gasteiger partial charge in [0.05, 0.1) is 6.54 Å². The van der Waals surface area contributed by atoms with Gasteiger partial charge in [0.2, 0.25) is 5.91 Å². The van der Waals surface area contributed by atoms with Crippen LogP contribution in [0.2, 0.25) is 0 Å². The summed E-state index contributed by atoms with van der Waals surface area (Å²) in [6.07, 6.45) is 9.70. The van der Waals surface area contributed by atoms with Gasteiger partial charge in [0.25, 0.3) is 0 Å². The van der Waals surface area contributed by atoms with Gasteiger partial charge in [0, 0.05) is 51.0 Å². The maximum absolute atomic E-state index is 12.6. The highest BCUT2D eigenvalue weighted by Crippen LogP contribution is 2.27. The Hall–Kier alpha value is -1.25. The van der Waals surface area contributed by atoms with Crippen molar-refractivity contribution in [2.45, 2.75) is 51.6 Å². The molecule has 1 aliphatic heterocycles. The number of halogens is 1. The van der Waals surface area contributed by atoms with Crippen LogP contribution >= 0.6 is 24.0 Å². The largest absolute Gasteiger partial charge is 0.357 e. The van der Waals surface area contributed by atoms with E-state index in [2.05, 4.69) is 39.7 Å². The minimum Gasteiger partial charge on any atom is -0.357 e. The number of nitrogens with one attached hydrogen (secondary N) is 2. The molecule has 1 aliphatic carbocycles. The van der Waals surface area contributed by atoms with Crippen molar-refractivity contribution in [3.05, 3.63) is 24.0 Å². The maximum atomic E-state index is 12.6. The summed E-state index contributed by atoms with van der Waals surface area (Å²) in [6.45, 7) is 5.23. The third kappa shape index (κ3) is 5.62. The Kier molecular flexibility index (Phi) is 8.24. The number of hydrogen-bond donors (Lipinski definition) is 2. The Morgan fingerprint density at radius 1 is 1.31 bits per heavy atom. The highest BCUT2D eigenvalue weighted by atomic mass is 127. The second-order valence-corrected chi connectivity index (χ2v) is 7.28. The SMILES string of the molecule is CCNC(=NCc1ccn(C)c1)NC1CCN(C(=O)C2CCCC2)C1.I. The van der Waals surface area contributed by atoms with Gasteiger partial charge in [-0.25, -0.2) is 4.99 Å². The normalized spacial score (nSPS) is 20.9. The summed E-state index contributed by atoms with van der Waals surface area (Å²) in [5, 5.41) is 6.82. The molecule has 1 saturated heterocycles. The second-order valence-electron chi connectivity index (χ2n) is 7.28. The number of carbonyl (C=O) groups excluding carboxylic acids is 1. The third-order valence-corrected chi connectivity index (χ3v) is 5.20. The quantitative estimate of drug-likeness (QED) is 0.393. The summed E-state index contributed by atoms with van der Waals surface area (Å²) in [7, 11) is 2.02. The molecule has 1 amide bonds. The molecule has 1 unspecified atom stereocenters. The minimum absolute atomic E-state index is 0. The molecular formula is C19H32IN5O. The summed E-state index contributed by atoms with van der Waals surface area (Å²) >= 11 is 0. The summed E-state index contributed by atoms with van der Waals surface area (Å²) in [6, 6.07) is 2.38. The Bertz CT molecular complexity index is 609. The summed E-state index contributed by atoms with van der Waals surface area (Å²) in [5.41, 5.74) is 1.20. The van der Waals surface area contributed by atoms with Crippen LogP contribution in [0.3, 0.4) is 0 Å². The van der Waals surface area contributed by atoms with E-state index in [-0.39, 0.29) is 29.9 Å². The minimum atomic E-state index is 0. The number of aromatic nitrogens is 1. The van der Waals surface area contributed by atoms with Crippen molar-refractivity contribution in [3.63, 3.8) is 0 Å². The number of rotatable bonds is 5.